The van der Waals surface area contributed by atoms with Gasteiger partial charge >= 0.3 is 0 Å². The monoisotopic (exact) mass is 426 g/mol. The first-order valence-corrected chi connectivity index (χ1v) is 9.75. The van der Waals surface area contributed by atoms with E-state index in [0.29, 0.717) is 33.4 Å². The maximum Gasteiger partial charge on any atom is 0.265 e. The van der Waals surface area contributed by atoms with Gasteiger partial charge in [0.25, 0.3) is 11.8 Å². The number of fused-ring (bicyclic) bond motifs is 1. The van der Waals surface area contributed by atoms with Crippen molar-refractivity contribution in [1.29, 1.82) is 0 Å². The molecule has 8 nitrogen and oxygen atoms in total. The van der Waals surface area contributed by atoms with Crippen LogP contribution in [0.2, 0.25) is 5.02 Å². The number of rotatable bonds is 5. The second kappa shape index (κ2) is 8.16. The molecule has 0 fully saturated rings. The number of carbonyl (C=O) groups is 2. The zero-order valence-corrected chi connectivity index (χ0v) is 17.1. The van der Waals surface area contributed by atoms with E-state index in [1.54, 1.807) is 42.5 Å². The SMILES string of the molecule is CC(C)NC(=O)c1cccc(-c2noc(CN3C(=O)COc4ccc(Cl)cc43)n2)c1. The Bertz CT molecular complexity index is 1110. The Morgan fingerprint density at radius 1 is 1.27 bits per heavy atom. The average Bonchev–Trinajstić information content (AvgIpc) is 3.18. The van der Waals surface area contributed by atoms with Crippen LogP contribution in [0.3, 0.4) is 0 Å². The number of nitrogens with one attached hydrogen (secondary N) is 1. The average molecular weight is 427 g/mol. The molecule has 1 aromatic heterocycles. The molecule has 9 heteroatoms. The summed E-state index contributed by atoms with van der Waals surface area (Å²) in [6.45, 7) is 3.79. The summed E-state index contributed by atoms with van der Waals surface area (Å²) in [4.78, 5) is 30.5. The van der Waals surface area contributed by atoms with Gasteiger partial charge in [0.05, 0.1) is 5.69 Å². The summed E-state index contributed by atoms with van der Waals surface area (Å²) in [5.74, 6) is 0.724. The van der Waals surface area contributed by atoms with E-state index in [2.05, 4.69) is 15.5 Å². The molecule has 0 saturated heterocycles. The van der Waals surface area contributed by atoms with Crippen LogP contribution in [0.4, 0.5) is 5.69 Å². The van der Waals surface area contributed by atoms with E-state index in [4.69, 9.17) is 20.9 Å². The Balaban J connectivity index is 1.57. The van der Waals surface area contributed by atoms with Crippen molar-refractivity contribution in [2.75, 3.05) is 11.5 Å². The summed E-state index contributed by atoms with van der Waals surface area (Å²) in [5, 5.41) is 7.33. The summed E-state index contributed by atoms with van der Waals surface area (Å²) in [7, 11) is 0. The van der Waals surface area contributed by atoms with Crippen LogP contribution in [0.15, 0.2) is 47.0 Å². The summed E-state index contributed by atoms with van der Waals surface area (Å²) < 4.78 is 10.8. The Kier molecular flexibility index (Phi) is 5.41. The van der Waals surface area contributed by atoms with Gasteiger partial charge in [-0.05, 0) is 44.2 Å². The van der Waals surface area contributed by atoms with Gasteiger partial charge in [0.1, 0.15) is 12.3 Å². The van der Waals surface area contributed by atoms with Gasteiger partial charge in [-0.3, -0.25) is 14.5 Å². The molecule has 0 atom stereocenters. The molecule has 2 heterocycles. The van der Waals surface area contributed by atoms with Crippen LogP contribution in [0.25, 0.3) is 11.4 Å². The number of amides is 2. The number of ether oxygens (including phenoxy) is 1. The number of halogens is 1. The third-order valence-electron chi connectivity index (χ3n) is 4.43. The third-order valence-corrected chi connectivity index (χ3v) is 4.66. The molecule has 30 heavy (non-hydrogen) atoms. The Morgan fingerprint density at radius 3 is 2.90 bits per heavy atom. The quantitative estimate of drug-likeness (QED) is 0.671. The second-order valence-corrected chi connectivity index (χ2v) is 7.54. The Morgan fingerprint density at radius 2 is 2.10 bits per heavy atom. The van der Waals surface area contributed by atoms with Crippen molar-refractivity contribution in [3.8, 4) is 17.1 Å². The molecule has 1 aliphatic rings. The lowest BCUT2D eigenvalue weighted by atomic mass is 10.1. The van der Waals surface area contributed by atoms with Gasteiger partial charge in [0, 0.05) is 22.2 Å². The molecule has 0 bridgehead atoms. The molecule has 2 aromatic carbocycles. The van der Waals surface area contributed by atoms with Crippen LogP contribution in [0, 0.1) is 0 Å². The number of aromatic nitrogens is 2. The highest BCUT2D eigenvalue weighted by atomic mass is 35.5. The number of benzene rings is 2. The molecule has 0 saturated carbocycles. The van der Waals surface area contributed by atoms with Crippen LogP contribution in [0.1, 0.15) is 30.1 Å². The van der Waals surface area contributed by atoms with Crippen LogP contribution >= 0.6 is 11.6 Å². The molecule has 0 radical (unpaired) electrons. The minimum Gasteiger partial charge on any atom is -0.482 e. The van der Waals surface area contributed by atoms with Crippen molar-refractivity contribution in [2.45, 2.75) is 26.4 Å². The van der Waals surface area contributed by atoms with Gasteiger partial charge in [0.2, 0.25) is 11.7 Å². The molecule has 1 aliphatic heterocycles. The minimum atomic E-state index is -0.239. The van der Waals surface area contributed by atoms with Gasteiger partial charge < -0.3 is 14.6 Å². The van der Waals surface area contributed by atoms with E-state index in [0.717, 1.165) is 0 Å². The largest absolute Gasteiger partial charge is 0.482 e. The molecule has 0 spiro atoms. The third kappa shape index (κ3) is 4.13. The van der Waals surface area contributed by atoms with E-state index >= 15 is 0 Å². The smallest absolute Gasteiger partial charge is 0.265 e. The van der Waals surface area contributed by atoms with Crippen LogP contribution < -0.4 is 15.0 Å². The summed E-state index contributed by atoms with van der Waals surface area (Å²) in [6, 6.07) is 12.0. The Labute approximate surface area is 177 Å². The van der Waals surface area contributed by atoms with Crippen molar-refractivity contribution >= 4 is 29.1 Å². The molecule has 2 amide bonds. The molecule has 1 N–H and O–H groups in total. The summed E-state index contributed by atoms with van der Waals surface area (Å²) >= 11 is 6.07. The number of carbonyl (C=O) groups excluding carboxylic acids is 2. The van der Waals surface area contributed by atoms with Gasteiger partial charge in [-0.25, -0.2) is 0 Å². The van der Waals surface area contributed by atoms with Crippen molar-refractivity contribution in [3.63, 3.8) is 0 Å². The normalized spacial score (nSPS) is 13.2. The van der Waals surface area contributed by atoms with Crippen molar-refractivity contribution in [3.05, 3.63) is 58.9 Å². The van der Waals surface area contributed by atoms with Crippen LogP contribution in [-0.4, -0.2) is 34.6 Å². The fourth-order valence-corrected chi connectivity index (χ4v) is 3.23. The molecule has 154 valence electrons. The van der Waals surface area contributed by atoms with Crippen molar-refractivity contribution in [2.24, 2.45) is 0 Å². The fourth-order valence-electron chi connectivity index (χ4n) is 3.07. The first-order valence-electron chi connectivity index (χ1n) is 9.37. The molecule has 3 aromatic rings. The van der Waals surface area contributed by atoms with Crippen LogP contribution in [0.5, 0.6) is 5.75 Å². The van der Waals surface area contributed by atoms with Gasteiger partial charge in [-0.15, -0.1) is 0 Å². The highest BCUT2D eigenvalue weighted by Crippen LogP contribution is 2.35. The van der Waals surface area contributed by atoms with Gasteiger partial charge in [-0.2, -0.15) is 4.98 Å². The number of nitrogens with zero attached hydrogens (tertiary/aromatic N) is 3. The topological polar surface area (TPSA) is 97.6 Å². The van der Waals surface area contributed by atoms with Crippen LogP contribution in [-0.2, 0) is 11.3 Å². The van der Waals surface area contributed by atoms with E-state index in [1.165, 1.54) is 4.90 Å². The predicted molar refractivity (Wildman–Crippen MR) is 110 cm³/mol. The zero-order chi connectivity index (χ0) is 21.3. The molecule has 4 rings (SSSR count). The van der Waals surface area contributed by atoms with E-state index in [-0.39, 0.29) is 36.9 Å². The van der Waals surface area contributed by atoms with Gasteiger partial charge in [0.15, 0.2) is 6.61 Å². The first kappa shape index (κ1) is 19.9. The lowest BCUT2D eigenvalue weighted by molar-refractivity contribution is -0.121. The lowest BCUT2D eigenvalue weighted by Gasteiger charge is -2.28. The van der Waals surface area contributed by atoms with Crippen molar-refractivity contribution < 1.29 is 18.8 Å². The summed E-state index contributed by atoms with van der Waals surface area (Å²) in [5.41, 5.74) is 1.68. The molecule has 0 unspecified atom stereocenters. The number of hydrogen-bond donors (Lipinski definition) is 1. The maximum absolute atomic E-state index is 12.4. The first-order chi connectivity index (χ1) is 14.4. The standard InChI is InChI=1S/C21H19ClN4O4/c1-12(2)23-21(28)14-5-3-4-13(8-14)20-24-18(30-25-20)10-26-16-9-15(22)6-7-17(16)29-11-19(26)27/h3-9,12H,10-11H2,1-2H3,(H,23,28). The second-order valence-electron chi connectivity index (χ2n) is 7.10. The maximum atomic E-state index is 12.4. The Hall–Kier alpha value is -3.39. The zero-order valence-electron chi connectivity index (χ0n) is 16.4. The molecular weight excluding hydrogens is 408 g/mol. The number of anilines is 1. The number of hydrogen-bond acceptors (Lipinski definition) is 6. The fraction of sp³-hybridized carbons (Fsp3) is 0.238. The minimum absolute atomic E-state index is 0.0281. The van der Waals surface area contributed by atoms with E-state index < -0.39 is 0 Å². The van der Waals surface area contributed by atoms with Gasteiger partial charge in [-0.1, -0.05) is 28.9 Å². The van der Waals surface area contributed by atoms with E-state index in [9.17, 15) is 9.59 Å². The van der Waals surface area contributed by atoms with E-state index in [1.807, 2.05) is 13.8 Å². The van der Waals surface area contributed by atoms with Crippen molar-refractivity contribution in [1.82, 2.24) is 15.5 Å². The molecular formula is C21H19ClN4O4. The highest BCUT2D eigenvalue weighted by Gasteiger charge is 2.27. The predicted octanol–water partition coefficient (Wildman–Crippen LogP) is 3.45. The highest BCUT2D eigenvalue weighted by molar-refractivity contribution is 6.31. The molecule has 0 aliphatic carbocycles. The summed E-state index contributed by atoms with van der Waals surface area (Å²) in [6.07, 6.45) is 0. The lowest BCUT2D eigenvalue weighted by Crippen LogP contribution is -2.38.